The van der Waals surface area contributed by atoms with Gasteiger partial charge in [-0.3, -0.25) is 0 Å². The molecule has 28 heavy (non-hydrogen) atoms. The summed E-state index contributed by atoms with van der Waals surface area (Å²) >= 11 is 1.53. The van der Waals surface area contributed by atoms with Gasteiger partial charge in [-0.15, -0.1) is 5.10 Å². The molecule has 0 spiro atoms. The highest BCUT2D eigenvalue weighted by molar-refractivity contribution is 7.98. The zero-order valence-electron chi connectivity index (χ0n) is 16.3. The highest BCUT2D eigenvalue weighted by Crippen LogP contribution is 2.27. The second-order valence-electron chi connectivity index (χ2n) is 6.91. The number of aromatic nitrogens is 5. The van der Waals surface area contributed by atoms with Gasteiger partial charge in [0.1, 0.15) is 6.26 Å². The molecule has 2 heterocycles. The van der Waals surface area contributed by atoms with Crippen LogP contribution in [0.15, 0.2) is 52.2 Å². The van der Waals surface area contributed by atoms with Crippen molar-refractivity contribution in [2.75, 3.05) is 0 Å². The maximum absolute atomic E-state index is 5.71. The van der Waals surface area contributed by atoms with Gasteiger partial charge in [0, 0.05) is 11.3 Å². The average Bonchev–Trinajstić information content (AvgIpc) is 3.29. The van der Waals surface area contributed by atoms with Crippen molar-refractivity contribution in [1.29, 1.82) is 0 Å². The molecule has 0 amide bonds. The molecule has 0 aliphatic heterocycles. The van der Waals surface area contributed by atoms with E-state index in [0.717, 1.165) is 33.2 Å². The summed E-state index contributed by atoms with van der Waals surface area (Å²) in [6.45, 7) is 8.28. The first kappa shape index (κ1) is 18.4. The molecule has 0 N–H and O–H groups in total. The minimum atomic E-state index is 0.625. The summed E-state index contributed by atoms with van der Waals surface area (Å²) < 4.78 is 7.47. The number of hydrogen-bond donors (Lipinski definition) is 0. The second-order valence-corrected chi connectivity index (χ2v) is 7.86. The molecule has 2 aromatic heterocycles. The van der Waals surface area contributed by atoms with Crippen LogP contribution in [0.2, 0.25) is 0 Å². The third-order valence-corrected chi connectivity index (χ3v) is 5.49. The highest BCUT2D eigenvalue weighted by Gasteiger charge is 2.14. The summed E-state index contributed by atoms with van der Waals surface area (Å²) in [7, 11) is 0. The van der Waals surface area contributed by atoms with E-state index in [9.17, 15) is 0 Å². The monoisotopic (exact) mass is 391 g/mol. The Kier molecular flexibility index (Phi) is 5.00. The first-order valence-corrected chi connectivity index (χ1v) is 10.0. The Morgan fingerprint density at radius 2 is 1.71 bits per heavy atom. The summed E-state index contributed by atoms with van der Waals surface area (Å²) in [5.74, 6) is 1.27. The number of tetrazole rings is 1. The minimum Gasteiger partial charge on any atom is -0.444 e. The van der Waals surface area contributed by atoms with Crippen molar-refractivity contribution in [1.82, 2.24) is 25.2 Å². The van der Waals surface area contributed by atoms with Gasteiger partial charge >= 0.3 is 0 Å². The van der Waals surface area contributed by atoms with Crippen molar-refractivity contribution in [3.63, 3.8) is 0 Å². The van der Waals surface area contributed by atoms with Crippen LogP contribution in [0.4, 0.5) is 0 Å². The summed E-state index contributed by atoms with van der Waals surface area (Å²) in [4.78, 5) is 4.64. The Bertz CT molecular complexity index is 1130. The Morgan fingerprint density at radius 3 is 2.46 bits per heavy atom. The zero-order valence-corrected chi connectivity index (χ0v) is 17.1. The average molecular weight is 392 g/mol. The van der Waals surface area contributed by atoms with Gasteiger partial charge in [-0.1, -0.05) is 47.2 Å². The van der Waals surface area contributed by atoms with Crippen LogP contribution in [0.1, 0.15) is 27.9 Å². The summed E-state index contributed by atoms with van der Waals surface area (Å²) in [6.07, 6.45) is 1.70. The molecule has 2 aromatic carbocycles. The van der Waals surface area contributed by atoms with E-state index < -0.39 is 0 Å². The quantitative estimate of drug-likeness (QED) is 0.453. The molecule has 0 fully saturated rings. The van der Waals surface area contributed by atoms with Crippen LogP contribution < -0.4 is 0 Å². The normalized spacial score (nSPS) is 11.1. The molecule has 0 aliphatic carbocycles. The van der Waals surface area contributed by atoms with E-state index in [2.05, 4.69) is 72.5 Å². The van der Waals surface area contributed by atoms with Gasteiger partial charge in [0.2, 0.25) is 11.0 Å². The largest absolute Gasteiger partial charge is 0.444 e. The van der Waals surface area contributed by atoms with Gasteiger partial charge < -0.3 is 4.42 Å². The molecule has 0 aliphatic rings. The number of hydrogen-bond acceptors (Lipinski definition) is 6. The number of rotatable bonds is 5. The lowest BCUT2D eigenvalue weighted by Gasteiger charge is -2.07. The third-order valence-electron chi connectivity index (χ3n) is 4.53. The van der Waals surface area contributed by atoms with Gasteiger partial charge in [-0.25, -0.2) is 4.98 Å². The zero-order chi connectivity index (χ0) is 19.7. The maximum atomic E-state index is 5.71. The van der Waals surface area contributed by atoms with Gasteiger partial charge in [-0.05, 0) is 61.4 Å². The Hall–Kier alpha value is -2.93. The number of aryl methyl sites for hydroxylation is 4. The lowest BCUT2D eigenvalue weighted by Crippen LogP contribution is -2.02. The van der Waals surface area contributed by atoms with Crippen LogP contribution in [-0.4, -0.2) is 25.2 Å². The molecule has 0 atom stereocenters. The molecule has 0 saturated carbocycles. The van der Waals surface area contributed by atoms with Crippen molar-refractivity contribution in [3.05, 3.63) is 70.6 Å². The predicted molar refractivity (Wildman–Crippen MR) is 110 cm³/mol. The smallest absolute Gasteiger partial charge is 0.226 e. The van der Waals surface area contributed by atoms with E-state index in [0.29, 0.717) is 11.6 Å². The fourth-order valence-corrected chi connectivity index (χ4v) is 3.91. The van der Waals surface area contributed by atoms with Gasteiger partial charge in [0.15, 0.2) is 0 Å². The second kappa shape index (κ2) is 7.59. The molecule has 7 heteroatoms. The van der Waals surface area contributed by atoms with E-state index in [1.165, 1.54) is 22.9 Å². The fraction of sp³-hybridized carbons (Fsp3) is 0.238. The van der Waals surface area contributed by atoms with Crippen molar-refractivity contribution < 1.29 is 4.42 Å². The topological polar surface area (TPSA) is 69.6 Å². The first-order valence-electron chi connectivity index (χ1n) is 9.02. The number of nitrogens with zero attached hydrogens (tertiary/aromatic N) is 5. The van der Waals surface area contributed by atoms with Crippen LogP contribution in [0.5, 0.6) is 0 Å². The highest BCUT2D eigenvalue weighted by atomic mass is 32.2. The molecule has 0 bridgehead atoms. The molecular weight excluding hydrogens is 370 g/mol. The Morgan fingerprint density at radius 1 is 0.964 bits per heavy atom. The Labute approximate surface area is 168 Å². The van der Waals surface area contributed by atoms with Gasteiger partial charge in [0.05, 0.1) is 11.4 Å². The van der Waals surface area contributed by atoms with E-state index in [4.69, 9.17) is 4.42 Å². The van der Waals surface area contributed by atoms with E-state index in [1.807, 2.05) is 12.1 Å². The van der Waals surface area contributed by atoms with Crippen molar-refractivity contribution in [2.45, 2.75) is 38.6 Å². The SMILES string of the molecule is Cc1ccc(-c2nc(CSc3nnnn3-c3ccc(C)cc3C)co2)c(C)c1. The van der Waals surface area contributed by atoms with Crippen LogP contribution in [-0.2, 0) is 5.75 Å². The molecule has 142 valence electrons. The standard InChI is InChI=1S/C21H21N5OS/c1-13-5-7-18(15(3)9-13)20-22-17(11-27-20)12-28-21-23-24-25-26(21)19-8-6-14(2)10-16(19)4/h5-11H,12H2,1-4H3. The lowest BCUT2D eigenvalue weighted by atomic mass is 10.1. The van der Waals surface area contributed by atoms with E-state index in [1.54, 1.807) is 10.9 Å². The predicted octanol–water partition coefficient (Wildman–Crippen LogP) is 4.84. The molecule has 4 rings (SSSR count). The molecule has 0 radical (unpaired) electrons. The molecule has 6 nitrogen and oxygen atoms in total. The molecule has 0 saturated heterocycles. The van der Waals surface area contributed by atoms with E-state index >= 15 is 0 Å². The van der Waals surface area contributed by atoms with Crippen molar-refractivity contribution in [2.24, 2.45) is 0 Å². The summed E-state index contributed by atoms with van der Waals surface area (Å²) in [5.41, 5.74) is 7.57. The van der Waals surface area contributed by atoms with Crippen LogP contribution in [0, 0.1) is 27.7 Å². The molecular formula is C21H21N5OS. The lowest BCUT2D eigenvalue weighted by molar-refractivity contribution is 0.573. The summed E-state index contributed by atoms with van der Waals surface area (Å²) in [6, 6.07) is 12.5. The van der Waals surface area contributed by atoms with Crippen LogP contribution in [0.25, 0.3) is 17.1 Å². The van der Waals surface area contributed by atoms with Crippen LogP contribution in [0.3, 0.4) is 0 Å². The Balaban J connectivity index is 1.52. The third kappa shape index (κ3) is 3.71. The van der Waals surface area contributed by atoms with Gasteiger partial charge in [0.25, 0.3) is 0 Å². The van der Waals surface area contributed by atoms with Gasteiger partial charge in [-0.2, -0.15) is 4.68 Å². The fourth-order valence-electron chi connectivity index (χ4n) is 3.15. The summed E-state index contributed by atoms with van der Waals surface area (Å²) in [5, 5.41) is 12.9. The number of oxazole rings is 1. The molecule has 0 unspecified atom stereocenters. The number of benzene rings is 2. The van der Waals surface area contributed by atoms with Crippen molar-refractivity contribution in [3.8, 4) is 17.1 Å². The first-order chi connectivity index (χ1) is 13.5. The van der Waals surface area contributed by atoms with Crippen LogP contribution >= 0.6 is 11.8 Å². The van der Waals surface area contributed by atoms with E-state index in [-0.39, 0.29) is 0 Å². The maximum Gasteiger partial charge on any atom is 0.226 e. The number of thioether (sulfide) groups is 1. The minimum absolute atomic E-state index is 0.625. The molecule has 4 aromatic rings. The van der Waals surface area contributed by atoms with Crippen molar-refractivity contribution >= 4 is 11.8 Å².